The Kier molecular flexibility index (Phi) is 5.73. The molecule has 4 atom stereocenters. The summed E-state index contributed by atoms with van der Waals surface area (Å²) in [7, 11) is 0. The second kappa shape index (κ2) is 7.60. The average molecular weight is 354 g/mol. The van der Waals surface area contributed by atoms with E-state index in [0.29, 0.717) is 0 Å². The molecular weight excluding hydrogens is 335 g/mol. The minimum absolute atomic E-state index is 0.209. The van der Waals surface area contributed by atoms with Gasteiger partial charge in [0.15, 0.2) is 6.17 Å². The highest BCUT2D eigenvalue weighted by molar-refractivity contribution is 5.89. The van der Waals surface area contributed by atoms with Crippen molar-refractivity contribution < 1.29 is 37.7 Å². The van der Waals surface area contributed by atoms with E-state index >= 15 is 0 Å². The second-order valence-corrected chi connectivity index (χ2v) is 5.76. The molecule has 25 heavy (non-hydrogen) atoms. The number of hydrogen-bond donors (Lipinski definition) is 0. The predicted octanol–water partition coefficient (Wildman–Crippen LogP) is 1.79. The molecule has 0 amide bonds. The normalized spacial score (nSPS) is 28.2. The lowest BCUT2D eigenvalue weighted by Gasteiger charge is -2.30. The summed E-state index contributed by atoms with van der Waals surface area (Å²) in [6.45, 7) is 3.16. The lowest BCUT2D eigenvalue weighted by atomic mass is 9.98. The first kappa shape index (κ1) is 18.9. The number of ether oxygens (including phenoxy) is 4. The third-order valence-electron chi connectivity index (χ3n) is 3.69. The third-order valence-corrected chi connectivity index (χ3v) is 3.69. The zero-order chi connectivity index (χ0) is 18.6. The van der Waals surface area contributed by atoms with E-state index in [1.54, 1.807) is 18.2 Å². The number of esters is 3. The number of halogens is 1. The van der Waals surface area contributed by atoms with Crippen molar-refractivity contribution in [3.8, 4) is 0 Å². The molecule has 1 fully saturated rings. The van der Waals surface area contributed by atoms with Gasteiger partial charge in [0, 0.05) is 13.8 Å². The molecule has 1 saturated heterocycles. The number of benzene rings is 1. The average Bonchev–Trinajstić information content (AvgIpc) is 2.78. The fraction of sp³-hybridized carbons (Fsp3) is 0.471. The molecule has 1 aromatic carbocycles. The van der Waals surface area contributed by atoms with Crippen LogP contribution >= 0.6 is 0 Å². The topological polar surface area (TPSA) is 88.1 Å². The zero-order valence-electron chi connectivity index (χ0n) is 14.1. The highest BCUT2D eigenvalue weighted by Gasteiger charge is 2.59. The molecule has 7 nitrogen and oxygen atoms in total. The van der Waals surface area contributed by atoms with Gasteiger partial charge in [-0.15, -0.1) is 0 Å². The molecule has 2 unspecified atom stereocenters. The Labute approximate surface area is 144 Å². The van der Waals surface area contributed by atoms with Crippen LogP contribution in [0, 0.1) is 0 Å². The Morgan fingerprint density at radius 2 is 1.80 bits per heavy atom. The maximum Gasteiger partial charge on any atom is 0.339 e. The fourth-order valence-corrected chi connectivity index (χ4v) is 2.42. The molecule has 1 aromatic rings. The van der Waals surface area contributed by atoms with Crippen molar-refractivity contribution in [2.45, 2.75) is 44.9 Å². The van der Waals surface area contributed by atoms with E-state index in [1.165, 1.54) is 26.0 Å². The van der Waals surface area contributed by atoms with Crippen LogP contribution in [0.4, 0.5) is 4.39 Å². The molecule has 0 aromatic heterocycles. The van der Waals surface area contributed by atoms with Crippen LogP contribution in [0.3, 0.4) is 0 Å². The standard InChI is InChI=1S/C17H19FO7/c1-10(19)22-9-13-14(18)17(3,16(24-13)23-11(2)20)25-15(21)12-7-5-4-6-8-12/h4-8,13-14,16H,9H2,1-3H3/t13-,14-,16?,17?/m1/s1. The molecule has 0 aliphatic carbocycles. The van der Waals surface area contributed by atoms with Gasteiger partial charge < -0.3 is 18.9 Å². The van der Waals surface area contributed by atoms with Crippen LogP contribution in [0.2, 0.25) is 0 Å². The largest absolute Gasteiger partial charge is 0.463 e. The molecule has 0 N–H and O–H groups in total. The molecule has 1 aliphatic rings. The number of alkyl halides is 1. The van der Waals surface area contributed by atoms with Gasteiger partial charge in [-0.2, -0.15) is 0 Å². The van der Waals surface area contributed by atoms with Gasteiger partial charge in [0.05, 0.1) is 5.56 Å². The first-order valence-corrected chi connectivity index (χ1v) is 7.62. The van der Waals surface area contributed by atoms with E-state index in [0.717, 1.165) is 6.92 Å². The number of carbonyl (C=O) groups is 3. The van der Waals surface area contributed by atoms with Crippen molar-refractivity contribution >= 4 is 17.9 Å². The molecule has 136 valence electrons. The van der Waals surface area contributed by atoms with Gasteiger partial charge in [0.2, 0.25) is 11.9 Å². The van der Waals surface area contributed by atoms with Crippen LogP contribution in [0.15, 0.2) is 30.3 Å². The number of hydrogen-bond acceptors (Lipinski definition) is 7. The first-order valence-electron chi connectivity index (χ1n) is 7.62. The van der Waals surface area contributed by atoms with E-state index in [2.05, 4.69) is 0 Å². The maximum absolute atomic E-state index is 14.9. The Hall–Kier alpha value is -2.48. The van der Waals surface area contributed by atoms with Crippen LogP contribution in [-0.4, -0.2) is 48.7 Å². The van der Waals surface area contributed by atoms with E-state index in [9.17, 15) is 18.8 Å². The van der Waals surface area contributed by atoms with Crippen molar-refractivity contribution in [3.63, 3.8) is 0 Å². The molecule has 0 bridgehead atoms. The van der Waals surface area contributed by atoms with Crippen molar-refractivity contribution in [2.24, 2.45) is 0 Å². The summed E-state index contributed by atoms with van der Waals surface area (Å²) in [4.78, 5) is 34.5. The Morgan fingerprint density at radius 3 is 2.36 bits per heavy atom. The monoisotopic (exact) mass is 354 g/mol. The van der Waals surface area contributed by atoms with Crippen LogP contribution < -0.4 is 0 Å². The third kappa shape index (κ3) is 4.33. The lowest BCUT2D eigenvalue weighted by Crippen LogP contribution is -2.49. The Balaban J connectivity index is 2.20. The molecule has 2 rings (SSSR count). The van der Waals surface area contributed by atoms with E-state index in [4.69, 9.17) is 18.9 Å². The van der Waals surface area contributed by atoms with Crippen LogP contribution in [0.25, 0.3) is 0 Å². The maximum atomic E-state index is 14.9. The van der Waals surface area contributed by atoms with E-state index < -0.39 is 48.7 Å². The van der Waals surface area contributed by atoms with Gasteiger partial charge in [0.1, 0.15) is 12.7 Å². The molecule has 0 saturated carbocycles. The first-order chi connectivity index (χ1) is 11.7. The second-order valence-electron chi connectivity index (χ2n) is 5.76. The minimum Gasteiger partial charge on any atom is -0.463 e. The van der Waals surface area contributed by atoms with Crippen molar-refractivity contribution in [2.75, 3.05) is 6.61 Å². The van der Waals surface area contributed by atoms with Gasteiger partial charge in [-0.05, 0) is 19.1 Å². The molecule has 1 heterocycles. The predicted molar refractivity (Wildman–Crippen MR) is 82.2 cm³/mol. The van der Waals surface area contributed by atoms with Crippen molar-refractivity contribution in [1.29, 1.82) is 0 Å². The minimum atomic E-state index is -1.89. The summed E-state index contributed by atoms with van der Waals surface area (Å²) in [6.07, 6.45) is -4.57. The van der Waals surface area contributed by atoms with Gasteiger partial charge in [0.25, 0.3) is 0 Å². The molecule has 0 radical (unpaired) electrons. The summed E-state index contributed by atoms with van der Waals surface area (Å²) in [5.74, 6) is -2.14. The smallest absolute Gasteiger partial charge is 0.339 e. The molecular formula is C17H19FO7. The van der Waals surface area contributed by atoms with E-state index in [-0.39, 0.29) is 5.56 Å². The van der Waals surface area contributed by atoms with Gasteiger partial charge in [-0.25, -0.2) is 9.18 Å². The highest BCUT2D eigenvalue weighted by atomic mass is 19.1. The highest BCUT2D eigenvalue weighted by Crippen LogP contribution is 2.38. The summed E-state index contributed by atoms with van der Waals surface area (Å²) >= 11 is 0. The van der Waals surface area contributed by atoms with Crippen molar-refractivity contribution in [1.82, 2.24) is 0 Å². The zero-order valence-corrected chi connectivity index (χ0v) is 14.1. The summed E-state index contributed by atoms with van der Waals surface area (Å²) < 4.78 is 35.2. The molecule has 0 spiro atoms. The Morgan fingerprint density at radius 1 is 1.16 bits per heavy atom. The van der Waals surface area contributed by atoms with Crippen LogP contribution in [0.5, 0.6) is 0 Å². The summed E-state index contributed by atoms with van der Waals surface area (Å²) in [5.41, 5.74) is -1.68. The number of carbonyl (C=O) groups excluding carboxylic acids is 3. The quantitative estimate of drug-likeness (QED) is 0.588. The lowest BCUT2D eigenvalue weighted by molar-refractivity contribution is -0.206. The van der Waals surface area contributed by atoms with Gasteiger partial charge >= 0.3 is 17.9 Å². The Bertz CT molecular complexity index is 648. The molecule has 1 aliphatic heterocycles. The van der Waals surface area contributed by atoms with Crippen LogP contribution in [0.1, 0.15) is 31.1 Å². The van der Waals surface area contributed by atoms with Crippen molar-refractivity contribution in [3.05, 3.63) is 35.9 Å². The van der Waals surface area contributed by atoms with Gasteiger partial charge in [-0.1, -0.05) is 18.2 Å². The SMILES string of the molecule is CC(=O)OC[C@H]1OC(OC(C)=O)C(C)(OC(=O)c2ccccc2)[C@@H]1F. The fourth-order valence-electron chi connectivity index (χ4n) is 2.42. The summed E-state index contributed by atoms with van der Waals surface area (Å²) in [6, 6.07) is 7.98. The summed E-state index contributed by atoms with van der Waals surface area (Å²) in [5, 5.41) is 0. The van der Waals surface area contributed by atoms with Gasteiger partial charge in [-0.3, -0.25) is 9.59 Å². The van der Waals surface area contributed by atoms with Crippen LogP contribution in [-0.2, 0) is 28.5 Å². The molecule has 8 heteroatoms. The number of rotatable bonds is 5. The van der Waals surface area contributed by atoms with E-state index in [1.807, 2.05) is 0 Å².